The van der Waals surface area contributed by atoms with Crippen LogP contribution in [0.3, 0.4) is 0 Å². The summed E-state index contributed by atoms with van der Waals surface area (Å²) >= 11 is 0. The van der Waals surface area contributed by atoms with Crippen LogP contribution in [0.5, 0.6) is 0 Å². The van der Waals surface area contributed by atoms with Crippen LogP contribution in [0.2, 0.25) is 0 Å². The molecule has 0 saturated carbocycles. The number of methoxy groups -OCH3 is 1. The van der Waals surface area contributed by atoms with Crippen LogP contribution in [0.1, 0.15) is 47.0 Å². The highest BCUT2D eigenvalue weighted by Crippen LogP contribution is 2.24. The SMILES string of the molecule is COC[C@H](CO)N[C@H](C)C[C@@H]1CCCN1C(=O)OC(C)(C)C. The van der Waals surface area contributed by atoms with Crippen LogP contribution in [-0.2, 0) is 9.47 Å². The second kappa shape index (κ2) is 8.70. The summed E-state index contributed by atoms with van der Waals surface area (Å²) in [6, 6.07) is 0.316. The zero-order valence-electron chi connectivity index (χ0n) is 14.6. The van der Waals surface area contributed by atoms with E-state index in [1.54, 1.807) is 7.11 Å². The van der Waals surface area contributed by atoms with Gasteiger partial charge >= 0.3 is 6.09 Å². The van der Waals surface area contributed by atoms with Gasteiger partial charge in [-0.05, 0) is 47.0 Å². The minimum absolute atomic E-state index is 0.0403. The van der Waals surface area contributed by atoms with Gasteiger partial charge in [-0.15, -0.1) is 0 Å². The van der Waals surface area contributed by atoms with Crippen molar-refractivity contribution >= 4 is 6.09 Å². The fraction of sp³-hybridized carbons (Fsp3) is 0.938. The molecule has 0 aliphatic carbocycles. The van der Waals surface area contributed by atoms with Gasteiger partial charge in [0, 0.05) is 25.7 Å². The van der Waals surface area contributed by atoms with Crippen molar-refractivity contribution in [3.8, 4) is 0 Å². The Morgan fingerprint density at radius 2 is 2.14 bits per heavy atom. The highest BCUT2D eigenvalue weighted by atomic mass is 16.6. The minimum Gasteiger partial charge on any atom is -0.444 e. The van der Waals surface area contributed by atoms with Crippen LogP contribution in [0.25, 0.3) is 0 Å². The lowest BCUT2D eigenvalue weighted by Crippen LogP contribution is -2.46. The molecule has 1 aliphatic rings. The minimum atomic E-state index is -0.464. The lowest BCUT2D eigenvalue weighted by molar-refractivity contribution is 0.0211. The van der Waals surface area contributed by atoms with E-state index in [0.29, 0.717) is 6.61 Å². The van der Waals surface area contributed by atoms with E-state index in [2.05, 4.69) is 12.2 Å². The molecule has 0 aromatic rings. The van der Waals surface area contributed by atoms with Crippen LogP contribution in [-0.4, -0.2) is 66.7 Å². The molecule has 22 heavy (non-hydrogen) atoms. The summed E-state index contributed by atoms with van der Waals surface area (Å²) in [5, 5.41) is 12.7. The number of aliphatic hydroxyl groups is 1. The molecule has 1 heterocycles. The number of amides is 1. The van der Waals surface area contributed by atoms with Gasteiger partial charge in [-0.3, -0.25) is 0 Å². The third-order valence-electron chi connectivity index (χ3n) is 3.74. The first-order chi connectivity index (χ1) is 10.3. The topological polar surface area (TPSA) is 71.0 Å². The molecule has 6 nitrogen and oxygen atoms in total. The Hall–Kier alpha value is -0.850. The molecule has 0 unspecified atom stereocenters. The molecule has 6 heteroatoms. The Morgan fingerprint density at radius 1 is 1.45 bits per heavy atom. The fourth-order valence-electron chi connectivity index (χ4n) is 2.87. The first kappa shape index (κ1) is 19.2. The summed E-state index contributed by atoms with van der Waals surface area (Å²) in [5.41, 5.74) is -0.464. The van der Waals surface area contributed by atoms with Crippen LogP contribution in [0.4, 0.5) is 4.79 Å². The van der Waals surface area contributed by atoms with Crippen LogP contribution < -0.4 is 5.32 Å². The number of nitrogens with zero attached hydrogens (tertiary/aromatic N) is 1. The molecular formula is C16H32N2O4. The Morgan fingerprint density at radius 3 is 2.68 bits per heavy atom. The zero-order valence-corrected chi connectivity index (χ0v) is 14.6. The van der Waals surface area contributed by atoms with E-state index >= 15 is 0 Å². The van der Waals surface area contributed by atoms with Gasteiger partial charge < -0.3 is 24.8 Å². The van der Waals surface area contributed by atoms with Gasteiger partial charge in [0.05, 0.1) is 19.3 Å². The van der Waals surface area contributed by atoms with Crippen LogP contribution >= 0.6 is 0 Å². The molecule has 0 aromatic heterocycles. The van der Waals surface area contributed by atoms with E-state index in [4.69, 9.17) is 9.47 Å². The van der Waals surface area contributed by atoms with E-state index in [1.807, 2.05) is 25.7 Å². The summed E-state index contributed by atoms with van der Waals surface area (Å²) in [6.07, 6.45) is 2.63. The summed E-state index contributed by atoms with van der Waals surface area (Å²) in [4.78, 5) is 14.1. The third kappa shape index (κ3) is 6.50. The Bertz CT molecular complexity index is 344. The van der Waals surface area contributed by atoms with Crippen molar-refractivity contribution in [2.45, 2.75) is 70.7 Å². The van der Waals surface area contributed by atoms with Gasteiger partial charge in [0.1, 0.15) is 5.60 Å². The van der Waals surface area contributed by atoms with E-state index in [0.717, 1.165) is 25.8 Å². The number of rotatable bonds is 7. The molecule has 1 aliphatic heterocycles. The van der Waals surface area contributed by atoms with E-state index < -0.39 is 5.60 Å². The predicted molar refractivity (Wildman–Crippen MR) is 85.9 cm³/mol. The summed E-state index contributed by atoms with van der Waals surface area (Å²) in [7, 11) is 1.62. The average molecular weight is 316 g/mol. The van der Waals surface area contributed by atoms with Crippen molar-refractivity contribution in [3.05, 3.63) is 0 Å². The normalized spacial score (nSPS) is 21.7. The smallest absolute Gasteiger partial charge is 0.410 e. The molecule has 0 bridgehead atoms. The Kier molecular flexibility index (Phi) is 7.59. The first-order valence-corrected chi connectivity index (χ1v) is 8.12. The maximum Gasteiger partial charge on any atom is 0.410 e. The average Bonchev–Trinajstić information content (AvgIpc) is 2.84. The number of hydrogen-bond donors (Lipinski definition) is 2. The highest BCUT2D eigenvalue weighted by molar-refractivity contribution is 5.68. The molecule has 0 aromatic carbocycles. The Labute approximate surface area is 134 Å². The predicted octanol–water partition coefficient (Wildman–Crippen LogP) is 1.76. The number of aliphatic hydroxyl groups excluding tert-OH is 1. The second-order valence-corrected chi connectivity index (χ2v) is 7.11. The number of carbonyl (C=O) groups is 1. The maximum atomic E-state index is 12.3. The molecule has 1 amide bonds. The third-order valence-corrected chi connectivity index (χ3v) is 3.74. The van der Waals surface area contributed by atoms with Crippen LogP contribution in [0, 0.1) is 0 Å². The number of likely N-dealkylation sites (tertiary alicyclic amines) is 1. The molecule has 1 saturated heterocycles. The van der Waals surface area contributed by atoms with Crippen LogP contribution in [0.15, 0.2) is 0 Å². The van der Waals surface area contributed by atoms with E-state index in [9.17, 15) is 9.90 Å². The van der Waals surface area contributed by atoms with Crippen molar-refractivity contribution < 1.29 is 19.4 Å². The maximum absolute atomic E-state index is 12.3. The summed E-state index contributed by atoms with van der Waals surface area (Å²) in [6.45, 7) is 9.00. The quantitative estimate of drug-likeness (QED) is 0.749. The van der Waals surface area contributed by atoms with E-state index in [-0.39, 0.29) is 30.8 Å². The van der Waals surface area contributed by atoms with Crippen molar-refractivity contribution in [1.82, 2.24) is 10.2 Å². The first-order valence-electron chi connectivity index (χ1n) is 8.12. The molecule has 130 valence electrons. The summed E-state index contributed by atoms with van der Waals surface area (Å²) < 4.78 is 10.6. The second-order valence-electron chi connectivity index (χ2n) is 7.11. The van der Waals surface area contributed by atoms with Crippen molar-refractivity contribution in [3.63, 3.8) is 0 Å². The molecular weight excluding hydrogens is 284 g/mol. The lowest BCUT2D eigenvalue weighted by atomic mass is 10.1. The van der Waals surface area contributed by atoms with Gasteiger partial charge in [-0.1, -0.05) is 0 Å². The molecule has 1 fully saturated rings. The highest BCUT2D eigenvalue weighted by Gasteiger charge is 2.33. The van der Waals surface area contributed by atoms with Crippen molar-refractivity contribution in [2.75, 3.05) is 26.9 Å². The summed E-state index contributed by atoms with van der Waals surface area (Å²) in [5.74, 6) is 0. The number of ether oxygens (including phenoxy) is 2. The number of carbonyl (C=O) groups excluding carboxylic acids is 1. The van der Waals surface area contributed by atoms with Gasteiger partial charge in [-0.2, -0.15) is 0 Å². The molecule has 1 rings (SSSR count). The standard InChI is InChI=1S/C16H32N2O4/c1-12(17-13(10-19)11-21-5)9-14-7-6-8-18(14)15(20)22-16(2,3)4/h12-14,17,19H,6-11H2,1-5H3/t12-,13+,14+/m1/s1. The monoisotopic (exact) mass is 316 g/mol. The molecule has 0 radical (unpaired) electrons. The van der Waals surface area contributed by atoms with Gasteiger partial charge in [0.2, 0.25) is 0 Å². The molecule has 2 N–H and O–H groups in total. The molecule has 0 spiro atoms. The fourth-order valence-corrected chi connectivity index (χ4v) is 2.87. The van der Waals surface area contributed by atoms with E-state index in [1.165, 1.54) is 0 Å². The van der Waals surface area contributed by atoms with Gasteiger partial charge in [-0.25, -0.2) is 4.79 Å². The van der Waals surface area contributed by atoms with Crippen molar-refractivity contribution in [1.29, 1.82) is 0 Å². The largest absolute Gasteiger partial charge is 0.444 e. The Balaban J connectivity index is 2.50. The zero-order chi connectivity index (χ0) is 16.8. The van der Waals surface area contributed by atoms with Gasteiger partial charge in [0.25, 0.3) is 0 Å². The van der Waals surface area contributed by atoms with Gasteiger partial charge in [0.15, 0.2) is 0 Å². The molecule has 3 atom stereocenters. The van der Waals surface area contributed by atoms with Crippen molar-refractivity contribution in [2.24, 2.45) is 0 Å². The lowest BCUT2D eigenvalue weighted by Gasteiger charge is -2.31. The number of hydrogen-bond acceptors (Lipinski definition) is 5. The number of nitrogens with one attached hydrogen (secondary N) is 1.